The van der Waals surface area contributed by atoms with E-state index >= 15 is 0 Å². The van der Waals surface area contributed by atoms with Crippen LogP contribution in [0.3, 0.4) is 0 Å². The van der Waals surface area contributed by atoms with Gasteiger partial charge in [-0.1, -0.05) is 11.6 Å². The van der Waals surface area contributed by atoms with Gasteiger partial charge >= 0.3 is 6.18 Å². The van der Waals surface area contributed by atoms with Crippen molar-refractivity contribution in [2.24, 2.45) is 5.92 Å². The highest BCUT2D eigenvalue weighted by Gasteiger charge is 2.32. The Balaban J connectivity index is 2.21. The van der Waals surface area contributed by atoms with E-state index in [-0.39, 0.29) is 5.15 Å². The van der Waals surface area contributed by atoms with Crippen molar-refractivity contribution < 1.29 is 13.2 Å². The molecule has 0 aromatic carbocycles. The van der Waals surface area contributed by atoms with Gasteiger partial charge in [0.2, 0.25) is 0 Å². The summed E-state index contributed by atoms with van der Waals surface area (Å²) in [5.74, 6) is 0.364. The molecule has 1 aromatic heterocycles. The van der Waals surface area contributed by atoms with Crippen molar-refractivity contribution in [2.75, 3.05) is 13.1 Å². The Labute approximate surface area is 95.8 Å². The number of hydrogen-bond acceptors (Lipinski definition) is 2. The molecule has 1 fully saturated rings. The quantitative estimate of drug-likeness (QED) is 0.816. The van der Waals surface area contributed by atoms with E-state index < -0.39 is 11.7 Å². The van der Waals surface area contributed by atoms with E-state index in [1.807, 2.05) is 0 Å². The minimum Gasteiger partial charge on any atom is -0.316 e. The van der Waals surface area contributed by atoms with Crippen molar-refractivity contribution in [2.45, 2.75) is 12.6 Å². The molecule has 1 aliphatic heterocycles. The highest BCUT2D eigenvalue weighted by molar-refractivity contribution is 6.30. The SMILES string of the molecule is FC(F)(F)c1cnc(Cl)c(CC2CNC2)c1. The first kappa shape index (κ1) is 11.7. The number of alkyl halides is 3. The summed E-state index contributed by atoms with van der Waals surface area (Å²) in [7, 11) is 0. The number of pyridine rings is 1. The van der Waals surface area contributed by atoms with E-state index in [0.29, 0.717) is 17.9 Å². The van der Waals surface area contributed by atoms with Crippen molar-refractivity contribution in [1.82, 2.24) is 10.3 Å². The van der Waals surface area contributed by atoms with Crippen LogP contribution in [-0.2, 0) is 12.6 Å². The first-order valence-electron chi connectivity index (χ1n) is 4.89. The summed E-state index contributed by atoms with van der Waals surface area (Å²) in [5.41, 5.74) is -0.262. The summed E-state index contributed by atoms with van der Waals surface area (Å²) in [6, 6.07) is 1.09. The smallest absolute Gasteiger partial charge is 0.316 e. The predicted molar refractivity (Wildman–Crippen MR) is 54.3 cm³/mol. The minimum atomic E-state index is -4.36. The molecule has 16 heavy (non-hydrogen) atoms. The maximum Gasteiger partial charge on any atom is 0.417 e. The van der Waals surface area contributed by atoms with E-state index in [2.05, 4.69) is 10.3 Å². The molecule has 0 aliphatic carbocycles. The predicted octanol–water partition coefficient (Wildman–Crippen LogP) is 2.52. The lowest BCUT2D eigenvalue weighted by molar-refractivity contribution is -0.137. The van der Waals surface area contributed by atoms with Crippen LogP contribution < -0.4 is 5.32 Å². The molecule has 0 spiro atoms. The third-order valence-corrected chi connectivity index (χ3v) is 2.95. The fraction of sp³-hybridized carbons (Fsp3) is 0.500. The zero-order chi connectivity index (χ0) is 11.8. The zero-order valence-corrected chi connectivity index (χ0v) is 9.07. The van der Waals surface area contributed by atoms with E-state index in [9.17, 15) is 13.2 Å². The molecule has 2 rings (SSSR count). The van der Waals surface area contributed by atoms with Crippen molar-refractivity contribution >= 4 is 11.6 Å². The van der Waals surface area contributed by atoms with Crippen LogP contribution >= 0.6 is 11.6 Å². The average molecular weight is 251 g/mol. The lowest BCUT2D eigenvalue weighted by atomic mass is 9.95. The zero-order valence-electron chi connectivity index (χ0n) is 8.31. The Morgan fingerprint density at radius 3 is 2.62 bits per heavy atom. The first-order valence-corrected chi connectivity index (χ1v) is 5.27. The third kappa shape index (κ3) is 2.47. The molecule has 2 nitrogen and oxygen atoms in total. The molecular weight excluding hydrogens is 241 g/mol. The molecule has 1 saturated heterocycles. The van der Waals surface area contributed by atoms with Crippen LogP contribution in [0.2, 0.25) is 5.15 Å². The molecule has 1 aromatic rings. The van der Waals surface area contributed by atoms with Crippen molar-refractivity contribution in [1.29, 1.82) is 0 Å². The minimum absolute atomic E-state index is 0.167. The van der Waals surface area contributed by atoms with Gasteiger partial charge in [-0.15, -0.1) is 0 Å². The van der Waals surface area contributed by atoms with Crippen LogP contribution in [0.1, 0.15) is 11.1 Å². The summed E-state index contributed by atoms with van der Waals surface area (Å²) >= 11 is 5.77. The molecule has 6 heteroatoms. The molecule has 0 saturated carbocycles. The summed E-state index contributed by atoms with van der Waals surface area (Å²) < 4.78 is 37.3. The molecule has 0 atom stereocenters. The van der Waals surface area contributed by atoms with Gasteiger partial charge in [-0.05, 0) is 37.1 Å². The van der Waals surface area contributed by atoms with Crippen molar-refractivity contribution in [3.05, 3.63) is 28.5 Å². The van der Waals surface area contributed by atoms with Gasteiger partial charge in [-0.2, -0.15) is 13.2 Å². The molecule has 1 N–H and O–H groups in total. The summed E-state index contributed by atoms with van der Waals surface area (Å²) in [4.78, 5) is 3.58. The standard InChI is InChI=1S/C10H10ClF3N2/c11-9-7(1-6-3-15-4-6)2-8(5-16-9)10(12,13)14/h2,5-6,15H,1,3-4H2. The van der Waals surface area contributed by atoms with Gasteiger partial charge in [0, 0.05) is 6.20 Å². The number of halogens is 4. The maximum absolute atomic E-state index is 12.4. The van der Waals surface area contributed by atoms with E-state index in [4.69, 9.17) is 11.6 Å². The van der Waals surface area contributed by atoms with Gasteiger partial charge in [-0.3, -0.25) is 0 Å². The van der Waals surface area contributed by atoms with Crippen LogP contribution in [-0.4, -0.2) is 18.1 Å². The number of nitrogens with one attached hydrogen (secondary N) is 1. The highest BCUT2D eigenvalue weighted by Crippen LogP contribution is 2.31. The molecule has 0 unspecified atom stereocenters. The molecule has 88 valence electrons. The second kappa shape index (κ2) is 4.22. The summed E-state index contributed by atoms with van der Waals surface area (Å²) in [6.45, 7) is 1.65. The van der Waals surface area contributed by atoms with E-state index in [1.165, 1.54) is 0 Å². The van der Waals surface area contributed by atoms with Gasteiger partial charge in [0.05, 0.1) is 5.56 Å². The normalized spacial score (nSPS) is 17.2. The Hall–Kier alpha value is -0.810. The monoisotopic (exact) mass is 250 g/mol. The largest absolute Gasteiger partial charge is 0.417 e. The third-order valence-electron chi connectivity index (χ3n) is 2.61. The molecule has 0 radical (unpaired) electrons. The van der Waals surface area contributed by atoms with Crippen LogP contribution in [0, 0.1) is 5.92 Å². The Kier molecular flexibility index (Phi) is 3.08. The molecule has 1 aliphatic rings. The van der Waals surface area contributed by atoms with E-state index in [1.54, 1.807) is 0 Å². The fourth-order valence-electron chi connectivity index (χ4n) is 1.60. The number of nitrogens with zero attached hydrogens (tertiary/aromatic N) is 1. The Morgan fingerprint density at radius 1 is 1.44 bits per heavy atom. The number of aromatic nitrogens is 1. The topological polar surface area (TPSA) is 24.9 Å². The fourth-order valence-corrected chi connectivity index (χ4v) is 1.78. The first-order chi connectivity index (χ1) is 7.47. The Morgan fingerprint density at radius 2 is 2.12 bits per heavy atom. The second-order valence-corrected chi connectivity index (χ2v) is 4.26. The lowest BCUT2D eigenvalue weighted by Crippen LogP contribution is -2.43. The molecule has 0 amide bonds. The van der Waals surface area contributed by atoms with Gasteiger partial charge in [-0.25, -0.2) is 4.98 Å². The lowest BCUT2D eigenvalue weighted by Gasteiger charge is -2.27. The van der Waals surface area contributed by atoms with Crippen LogP contribution in [0.4, 0.5) is 13.2 Å². The number of hydrogen-bond donors (Lipinski definition) is 1. The van der Waals surface area contributed by atoms with Crippen molar-refractivity contribution in [3.63, 3.8) is 0 Å². The molecule has 0 bridgehead atoms. The highest BCUT2D eigenvalue weighted by atomic mass is 35.5. The maximum atomic E-state index is 12.4. The Bertz CT molecular complexity index is 388. The van der Waals surface area contributed by atoms with Crippen LogP contribution in [0.5, 0.6) is 0 Å². The second-order valence-electron chi connectivity index (χ2n) is 3.90. The van der Waals surface area contributed by atoms with Gasteiger partial charge in [0.15, 0.2) is 0 Å². The summed E-state index contributed by atoms with van der Waals surface area (Å²) in [6.07, 6.45) is -3.04. The van der Waals surface area contributed by atoms with Gasteiger partial charge in [0.25, 0.3) is 0 Å². The van der Waals surface area contributed by atoms with Gasteiger partial charge in [0.1, 0.15) is 5.15 Å². The summed E-state index contributed by atoms with van der Waals surface area (Å²) in [5, 5.41) is 3.23. The molecule has 2 heterocycles. The van der Waals surface area contributed by atoms with Crippen molar-refractivity contribution in [3.8, 4) is 0 Å². The average Bonchev–Trinajstić information content (AvgIpc) is 2.11. The number of rotatable bonds is 2. The van der Waals surface area contributed by atoms with Crippen LogP contribution in [0.25, 0.3) is 0 Å². The van der Waals surface area contributed by atoms with Crippen LogP contribution in [0.15, 0.2) is 12.3 Å². The van der Waals surface area contributed by atoms with Gasteiger partial charge < -0.3 is 5.32 Å². The molecular formula is C10H10ClF3N2. The van der Waals surface area contributed by atoms with E-state index in [0.717, 1.165) is 25.4 Å².